The van der Waals surface area contributed by atoms with E-state index >= 15 is 0 Å². The number of carboxylic acid groups (broad SMARTS) is 1. The van der Waals surface area contributed by atoms with Crippen molar-refractivity contribution in [1.29, 1.82) is 0 Å². The number of carbonyl (C=O) groups excluding carboxylic acids is 1. The maximum atomic E-state index is 12.5. The van der Waals surface area contributed by atoms with Crippen molar-refractivity contribution in [3.63, 3.8) is 0 Å². The van der Waals surface area contributed by atoms with Crippen LogP contribution in [-0.4, -0.2) is 39.4 Å². The number of hydrogen-bond donors (Lipinski definition) is 1. The lowest BCUT2D eigenvalue weighted by Crippen LogP contribution is -2.33. The highest BCUT2D eigenvalue weighted by Crippen LogP contribution is 2.38. The molecule has 2 aromatic rings. The number of thioether (sulfide) groups is 1. The number of carbonyl (C=O) groups is 2. The fourth-order valence-electron chi connectivity index (χ4n) is 2.79. The van der Waals surface area contributed by atoms with Gasteiger partial charge in [-0.25, -0.2) is 0 Å². The Morgan fingerprint density at radius 1 is 1.28 bits per heavy atom. The number of ether oxygens (including phenoxy) is 2. The van der Waals surface area contributed by atoms with Crippen LogP contribution in [0.25, 0.3) is 6.08 Å². The van der Waals surface area contributed by atoms with Crippen LogP contribution < -0.4 is 9.47 Å². The van der Waals surface area contributed by atoms with Crippen LogP contribution >= 0.6 is 69.8 Å². The molecule has 0 unspecified atom stereocenters. The summed E-state index contributed by atoms with van der Waals surface area (Å²) in [6, 6.07) is 8.79. The highest BCUT2D eigenvalue weighted by atomic mass is 127. The summed E-state index contributed by atoms with van der Waals surface area (Å²) < 4.78 is 12.7. The molecule has 0 bridgehead atoms. The molecular formula is C21H16Cl2INO5S2. The second-order valence-electron chi connectivity index (χ2n) is 6.45. The van der Waals surface area contributed by atoms with Crippen molar-refractivity contribution >= 4 is 92.0 Å². The molecule has 0 spiro atoms. The fraction of sp³-hybridized carbons (Fsp3) is 0.190. The summed E-state index contributed by atoms with van der Waals surface area (Å²) in [5.41, 5.74) is 1.48. The third kappa shape index (κ3) is 6.07. The molecule has 0 radical (unpaired) electrons. The van der Waals surface area contributed by atoms with Gasteiger partial charge in [0.1, 0.15) is 17.5 Å². The first-order valence-corrected chi connectivity index (χ1v) is 12.3. The average molecular weight is 624 g/mol. The quantitative estimate of drug-likeness (QED) is 0.224. The topological polar surface area (TPSA) is 76.1 Å². The number of carboxylic acids is 1. The van der Waals surface area contributed by atoms with Crippen LogP contribution in [-0.2, 0) is 16.2 Å². The van der Waals surface area contributed by atoms with Crippen LogP contribution in [0.3, 0.4) is 0 Å². The number of aliphatic carboxylic acids is 1. The van der Waals surface area contributed by atoms with Crippen molar-refractivity contribution < 1.29 is 24.2 Å². The highest BCUT2D eigenvalue weighted by Gasteiger charge is 2.33. The van der Waals surface area contributed by atoms with Crippen molar-refractivity contribution in [3.8, 4) is 11.5 Å². The SMILES string of the molecule is CCOc1cc(/C=C2\SC(=S)N(CC(=O)O)C2=O)cc(I)c1OCc1ccc(Cl)cc1Cl. The third-order valence-corrected chi connectivity index (χ3v) is 6.95. The molecule has 1 N–H and O–H groups in total. The van der Waals surface area contributed by atoms with Crippen molar-refractivity contribution in [3.05, 3.63) is 60.0 Å². The third-order valence-electron chi connectivity index (χ3n) is 4.18. The lowest BCUT2D eigenvalue weighted by molar-refractivity contribution is -0.140. The highest BCUT2D eigenvalue weighted by molar-refractivity contribution is 14.1. The molecule has 11 heteroatoms. The number of rotatable bonds is 8. The van der Waals surface area contributed by atoms with E-state index in [4.69, 9.17) is 50.0 Å². The van der Waals surface area contributed by atoms with Crippen LogP contribution in [0.2, 0.25) is 10.0 Å². The van der Waals surface area contributed by atoms with Gasteiger partial charge in [0.15, 0.2) is 11.5 Å². The van der Waals surface area contributed by atoms with E-state index in [1.807, 2.05) is 13.0 Å². The minimum atomic E-state index is -1.13. The van der Waals surface area contributed by atoms with E-state index in [2.05, 4.69) is 22.6 Å². The van der Waals surface area contributed by atoms with E-state index in [1.54, 1.807) is 30.3 Å². The Balaban J connectivity index is 1.87. The number of amides is 1. The Morgan fingerprint density at radius 2 is 2.03 bits per heavy atom. The number of benzene rings is 2. The van der Waals surface area contributed by atoms with Gasteiger partial charge in [0.05, 0.1) is 15.1 Å². The van der Waals surface area contributed by atoms with E-state index in [0.29, 0.717) is 38.6 Å². The zero-order valence-corrected chi connectivity index (χ0v) is 21.9. The summed E-state index contributed by atoms with van der Waals surface area (Å²) in [5, 5.41) is 10.0. The molecule has 6 nitrogen and oxygen atoms in total. The molecule has 1 aliphatic heterocycles. The maximum absolute atomic E-state index is 12.5. The normalized spacial score (nSPS) is 14.9. The van der Waals surface area contributed by atoms with Crippen LogP contribution in [0.5, 0.6) is 11.5 Å². The smallest absolute Gasteiger partial charge is 0.323 e. The molecule has 3 rings (SSSR count). The average Bonchev–Trinajstić information content (AvgIpc) is 2.96. The summed E-state index contributed by atoms with van der Waals surface area (Å²) in [6.45, 7) is 2.03. The summed E-state index contributed by atoms with van der Waals surface area (Å²) >= 11 is 20.5. The molecular weight excluding hydrogens is 608 g/mol. The molecule has 1 aliphatic rings. The van der Waals surface area contributed by atoms with Crippen LogP contribution in [0.4, 0.5) is 0 Å². The Kier molecular flexibility index (Phi) is 8.68. The number of hydrogen-bond acceptors (Lipinski definition) is 6. The molecule has 1 saturated heterocycles. The van der Waals surface area contributed by atoms with Crippen molar-refractivity contribution in [2.75, 3.05) is 13.2 Å². The van der Waals surface area contributed by atoms with Gasteiger partial charge in [-0.2, -0.15) is 0 Å². The van der Waals surface area contributed by atoms with E-state index in [1.165, 1.54) is 0 Å². The molecule has 0 aromatic heterocycles. The maximum Gasteiger partial charge on any atom is 0.323 e. The van der Waals surface area contributed by atoms with Gasteiger partial charge < -0.3 is 14.6 Å². The van der Waals surface area contributed by atoms with Crippen LogP contribution in [0.1, 0.15) is 18.1 Å². The van der Waals surface area contributed by atoms with Gasteiger partial charge >= 0.3 is 5.97 Å². The number of nitrogens with zero attached hydrogens (tertiary/aromatic N) is 1. The zero-order chi connectivity index (χ0) is 23.4. The predicted octanol–water partition coefficient (Wildman–Crippen LogP) is 5.86. The molecule has 1 amide bonds. The largest absolute Gasteiger partial charge is 0.490 e. The van der Waals surface area contributed by atoms with Gasteiger partial charge in [-0.3, -0.25) is 14.5 Å². The molecule has 1 fully saturated rings. The van der Waals surface area contributed by atoms with Gasteiger partial charge in [-0.1, -0.05) is 53.2 Å². The molecule has 0 atom stereocenters. The van der Waals surface area contributed by atoms with E-state index in [0.717, 1.165) is 25.8 Å². The van der Waals surface area contributed by atoms with E-state index in [9.17, 15) is 9.59 Å². The zero-order valence-electron chi connectivity index (χ0n) is 16.6. The van der Waals surface area contributed by atoms with Gasteiger partial charge in [0.2, 0.25) is 0 Å². The lowest BCUT2D eigenvalue weighted by atomic mass is 10.1. The minimum Gasteiger partial charge on any atom is -0.490 e. The fourth-order valence-corrected chi connectivity index (χ4v) is 5.29. The number of halogens is 3. The molecule has 32 heavy (non-hydrogen) atoms. The summed E-state index contributed by atoms with van der Waals surface area (Å²) in [6.07, 6.45) is 1.66. The number of thiocarbonyl (C=S) groups is 1. The Morgan fingerprint density at radius 3 is 2.69 bits per heavy atom. The monoisotopic (exact) mass is 623 g/mol. The van der Waals surface area contributed by atoms with Crippen LogP contribution in [0, 0.1) is 3.57 Å². The molecule has 2 aromatic carbocycles. The molecule has 1 heterocycles. The van der Waals surface area contributed by atoms with Gasteiger partial charge in [-0.15, -0.1) is 0 Å². The first-order valence-electron chi connectivity index (χ1n) is 9.19. The van der Waals surface area contributed by atoms with Crippen LogP contribution in [0.15, 0.2) is 35.2 Å². The molecule has 0 aliphatic carbocycles. The van der Waals surface area contributed by atoms with Gasteiger partial charge in [-0.05, 0) is 65.4 Å². The molecule has 168 valence electrons. The van der Waals surface area contributed by atoms with E-state index < -0.39 is 18.4 Å². The van der Waals surface area contributed by atoms with E-state index in [-0.39, 0.29) is 10.9 Å². The first-order chi connectivity index (χ1) is 15.2. The Hall–Kier alpha value is -1.53. The Labute approximate surface area is 218 Å². The minimum absolute atomic E-state index is 0.211. The lowest BCUT2D eigenvalue weighted by Gasteiger charge is -2.15. The second-order valence-corrected chi connectivity index (χ2v) is 10.1. The predicted molar refractivity (Wildman–Crippen MR) is 139 cm³/mol. The first kappa shape index (κ1) is 25.1. The summed E-state index contributed by atoms with van der Waals surface area (Å²) in [5.74, 6) is -0.503. The molecule has 0 saturated carbocycles. The van der Waals surface area contributed by atoms with Crippen molar-refractivity contribution in [2.45, 2.75) is 13.5 Å². The summed E-state index contributed by atoms with van der Waals surface area (Å²) in [7, 11) is 0. The summed E-state index contributed by atoms with van der Waals surface area (Å²) in [4.78, 5) is 24.9. The van der Waals surface area contributed by atoms with Crippen molar-refractivity contribution in [1.82, 2.24) is 4.90 Å². The Bertz CT molecular complexity index is 1130. The van der Waals surface area contributed by atoms with Crippen molar-refractivity contribution in [2.24, 2.45) is 0 Å². The van der Waals surface area contributed by atoms with Gasteiger partial charge in [0, 0.05) is 15.6 Å². The standard InChI is InChI=1S/C21H16Cl2INO5S2/c1-2-29-16-6-11(7-17-20(28)25(9-18(26)27)21(31)32-17)5-15(24)19(16)30-10-12-3-4-13(22)8-14(12)23/h3-8H,2,9-10H2,1H3,(H,26,27)/b17-7-. The van der Waals surface area contributed by atoms with Gasteiger partial charge in [0.25, 0.3) is 5.91 Å². The second kappa shape index (κ2) is 11.1.